The molecule has 1 aromatic carbocycles. The summed E-state index contributed by atoms with van der Waals surface area (Å²) in [6.07, 6.45) is 10.9. The van der Waals surface area contributed by atoms with Crippen LogP contribution in [0.3, 0.4) is 0 Å². The molecule has 0 aliphatic heterocycles. The molecule has 1 nitrogen and oxygen atoms in total. The minimum atomic E-state index is 0.534. The van der Waals surface area contributed by atoms with E-state index in [0.29, 0.717) is 5.15 Å². The number of allylic oxidation sites excluding steroid dienone is 3. The number of benzene rings is 1. The fourth-order valence-electron chi connectivity index (χ4n) is 1.54. The molecule has 0 atom stereocenters. The molecule has 0 aliphatic carbocycles. The molecule has 0 N–H and O–H groups in total. The van der Waals surface area contributed by atoms with E-state index < -0.39 is 0 Å². The highest BCUT2D eigenvalue weighted by Crippen LogP contribution is 2.06. The maximum atomic E-state index is 5.72. The molecular formula is C16H14ClN. The lowest BCUT2D eigenvalue weighted by Gasteiger charge is -1.94. The quantitative estimate of drug-likeness (QED) is 0.577. The summed E-state index contributed by atoms with van der Waals surface area (Å²) in [6.45, 7) is 0. The molecule has 2 aromatic rings. The molecule has 0 bridgehead atoms. The van der Waals surface area contributed by atoms with Gasteiger partial charge in [0.2, 0.25) is 0 Å². The fraction of sp³-hybridized carbons (Fsp3) is 0.0625. The summed E-state index contributed by atoms with van der Waals surface area (Å²) in [6, 6.07) is 14.0. The van der Waals surface area contributed by atoms with Crippen LogP contribution >= 0.6 is 11.6 Å². The Morgan fingerprint density at radius 3 is 2.56 bits per heavy atom. The normalized spacial score (nSPS) is 11.4. The van der Waals surface area contributed by atoms with E-state index >= 15 is 0 Å². The number of nitrogens with zero attached hydrogens (tertiary/aromatic N) is 1. The Morgan fingerprint density at radius 2 is 1.83 bits per heavy atom. The summed E-state index contributed by atoms with van der Waals surface area (Å²) in [4.78, 5) is 4.04. The average molecular weight is 256 g/mol. The SMILES string of the molecule is Clc1ccc(CC=CC=Cc2ccccc2)cn1. The van der Waals surface area contributed by atoms with E-state index in [1.54, 1.807) is 6.20 Å². The van der Waals surface area contributed by atoms with E-state index in [-0.39, 0.29) is 0 Å². The van der Waals surface area contributed by atoms with Crippen molar-refractivity contribution in [2.45, 2.75) is 6.42 Å². The summed E-state index contributed by atoms with van der Waals surface area (Å²) < 4.78 is 0. The van der Waals surface area contributed by atoms with Crippen molar-refractivity contribution < 1.29 is 0 Å². The molecule has 0 fully saturated rings. The lowest BCUT2D eigenvalue weighted by Crippen LogP contribution is -1.82. The van der Waals surface area contributed by atoms with Gasteiger partial charge in [0.1, 0.15) is 5.15 Å². The molecule has 0 saturated carbocycles. The van der Waals surface area contributed by atoms with E-state index in [9.17, 15) is 0 Å². The predicted octanol–water partition coefficient (Wildman–Crippen LogP) is 4.55. The molecule has 1 aromatic heterocycles. The van der Waals surface area contributed by atoms with Gasteiger partial charge in [0.05, 0.1) is 0 Å². The van der Waals surface area contributed by atoms with Gasteiger partial charge in [0, 0.05) is 6.20 Å². The summed E-state index contributed by atoms with van der Waals surface area (Å²) in [5, 5.41) is 0.534. The van der Waals surface area contributed by atoms with Crippen molar-refractivity contribution in [3.8, 4) is 0 Å². The lowest BCUT2D eigenvalue weighted by molar-refractivity contribution is 1.19. The van der Waals surface area contributed by atoms with Crippen molar-refractivity contribution in [3.63, 3.8) is 0 Å². The van der Waals surface area contributed by atoms with Crippen LogP contribution in [0.15, 0.2) is 66.9 Å². The standard InChI is InChI=1S/C16H14ClN/c17-16-12-11-15(13-18-16)10-6-2-5-9-14-7-3-1-4-8-14/h1-9,11-13H,10H2. The molecule has 0 aliphatic rings. The van der Waals surface area contributed by atoms with Crippen molar-refractivity contribution >= 4 is 17.7 Å². The molecule has 1 heterocycles. The van der Waals surface area contributed by atoms with Gasteiger partial charge in [0.15, 0.2) is 0 Å². The van der Waals surface area contributed by atoms with Crippen molar-refractivity contribution in [1.29, 1.82) is 0 Å². The number of pyridine rings is 1. The van der Waals surface area contributed by atoms with Gasteiger partial charge in [-0.05, 0) is 23.6 Å². The maximum Gasteiger partial charge on any atom is 0.129 e. The molecule has 0 spiro atoms. The zero-order valence-electron chi connectivity index (χ0n) is 9.96. The van der Waals surface area contributed by atoms with E-state index in [1.165, 1.54) is 5.56 Å². The minimum Gasteiger partial charge on any atom is -0.244 e. The molecular weight excluding hydrogens is 242 g/mol. The van der Waals surface area contributed by atoms with Crippen molar-refractivity contribution in [2.75, 3.05) is 0 Å². The Morgan fingerprint density at radius 1 is 1.00 bits per heavy atom. The van der Waals surface area contributed by atoms with Crippen LogP contribution < -0.4 is 0 Å². The largest absolute Gasteiger partial charge is 0.244 e. The minimum absolute atomic E-state index is 0.534. The van der Waals surface area contributed by atoms with Gasteiger partial charge in [-0.1, -0.05) is 72.3 Å². The number of hydrogen-bond donors (Lipinski definition) is 0. The van der Waals surface area contributed by atoms with Crippen molar-refractivity contribution in [1.82, 2.24) is 4.98 Å². The van der Waals surface area contributed by atoms with Gasteiger partial charge in [0.25, 0.3) is 0 Å². The highest BCUT2D eigenvalue weighted by molar-refractivity contribution is 6.29. The second kappa shape index (κ2) is 6.77. The summed E-state index contributed by atoms with van der Waals surface area (Å²) in [5.41, 5.74) is 2.36. The Labute approximate surface area is 112 Å². The van der Waals surface area contributed by atoms with Crippen LogP contribution in [0.5, 0.6) is 0 Å². The molecule has 0 saturated heterocycles. The Bertz CT molecular complexity index is 527. The third-order valence-corrected chi connectivity index (χ3v) is 2.70. The van der Waals surface area contributed by atoms with Gasteiger partial charge in [-0.25, -0.2) is 4.98 Å². The molecule has 0 radical (unpaired) electrons. The van der Waals surface area contributed by atoms with Crippen molar-refractivity contribution in [3.05, 3.63) is 83.2 Å². The first-order valence-electron chi connectivity index (χ1n) is 5.83. The zero-order valence-corrected chi connectivity index (χ0v) is 10.7. The Hall–Kier alpha value is -1.86. The summed E-state index contributed by atoms with van der Waals surface area (Å²) in [5.74, 6) is 0. The molecule has 90 valence electrons. The van der Waals surface area contributed by atoms with E-state index in [4.69, 9.17) is 11.6 Å². The number of hydrogen-bond acceptors (Lipinski definition) is 1. The van der Waals surface area contributed by atoms with Crippen LogP contribution in [0.4, 0.5) is 0 Å². The number of aromatic nitrogens is 1. The molecule has 18 heavy (non-hydrogen) atoms. The molecule has 0 unspecified atom stereocenters. The van der Waals surface area contributed by atoms with Crippen LogP contribution in [0, 0.1) is 0 Å². The van der Waals surface area contributed by atoms with Crippen LogP contribution in [0.25, 0.3) is 6.08 Å². The number of rotatable bonds is 4. The third-order valence-electron chi connectivity index (χ3n) is 2.48. The Kier molecular flexibility index (Phi) is 4.74. The monoisotopic (exact) mass is 255 g/mol. The lowest BCUT2D eigenvalue weighted by atomic mass is 10.2. The average Bonchev–Trinajstić information content (AvgIpc) is 2.42. The van der Waals surface area contributed by atoms with E-state index in [1.807, 2.05) is 42.5 Å². The van der Waals surface area contributed by atoms with Crippen LogP contribution in [-0.2, 0) is 6.42 Å². The first-order valence-corrected chi connectivity index (χ1v) is 6.21. The highest BCUT2D eigenvalue weighted by atomic mass is 35.5. The second-order valence-electron chi connectivity index (χ2n) is 3.89. The predicted molar refractivity (Wildman–Crippen MR) is 77.6 cm³/mol. The van der Waals surface area contributed by atoms with Gasteiger partial charge in [-0.3, -0.25) is 0 Å². The first-order chi connectivity index (χ1) is 8.84. The van der Waals surface area contributed by atoms with Gasteiger partial charge < -0.3 is 0 Å². The third kappa shape index (κ3) is 4.19. The maximum absolute atomic E-state index is 5.72. The fourth-order valence-corrected chi connectivity index (χ4v) is 1.65. The molecule has 2 rings (SSSR count). The van der Waals surface area contributed by atoms with Crippen LogP contribution in [0.2, 0.25) is 5.15 Å². The first kappa shape index (κ1) is 12.6. The molecule has 0 amide bonds. The van der Waals surface area contributed by atoms with Crippen molar-refractivity contribution in [2.24, 2.45) is 0 Å². The smallest absolute Gasteiger partial charge is 0.129 e. The molecule has 2 heteroatoms. The Balaban J connectivity index is 1.85. The van der Waals surface area contributed by atoms with Crippen LogP contribution in [0.1, 0.15) is 11.1 Å². The second-order valence-corrected chi connectivity index (χ2v) is 4.28. The highest BCUT2D eigenvalue weighted by Gasteiger charge is 1.90. The topological polar surface area (TPSA) is 12.9 Å². The van der Waals surface area contributed by atoms with Crippen LogP contribution in [-0.4, -0.2) is 4.98 Å². The summed E-state index contributed by atoms with van der Waals surface area (Å²) in [7, 11) is 0. The van der Waals surface area contributed by atoms with E-state index in [0.717, 1.165) is 12.0 Å². The van der Waals surface area contributed by atoms with Gasteiger partial charge >= 0.3 is 0 Å². The van der Waals surface area contributed by atoms with Gasteiger partial charge in [-0.15, -0.1) is 0 Å². The summed E-state index contributed by atoms with van der Waals surface area (Å²) >= 11 is 5.72. The van der Waals surface area contributed by atoms with E-state index in [2.05, 4.69) is 29.3 Å². The number of halogens is 1. The zero-order chi connectivity index (χ0) is 12.6. The van der Waals surface area contributed by atoms with Gasteiger partial charge in [-0.2, -0.15) is 0 Å².